The Morgan fingerprint density at radius 2 is 1.95 bits per heavy atom. The summed E-state index contributed by atoms with van der Waals surface area (Å²) in [7, 11) is 0. The maximum Gasteiger partial charge on any atom is 0.267 e. The molecule has 0 unspecified atom stereocenters. The molecule has 4 rings (SSSR count). The van der Waals surface area contributed by atoms with Gasteiger partial charge in [-0.25, -0.2) is 4.99 Å². The molecule has 2 amide bonds. The number of aliphatic imine (C=N–C) groups is 1. The predicted molar refractivity (Wildman–Crippen MR) is 157 cm³/mol. The number of ether oxygens (including phenoxy) is 2. The zero-order chi connectivity index (χ0) is 26.4. The molecule has 1 heterocycles. The number of primary amides is 1. The summed E-state index contributed by atoms with van der Waals surface area (Å²) >= 11 is 3.57. The van der Waals surface area contributed by atoms with E-state index < -0.39 is 5.91 Å². The number of para-hydroxylation sites is 1. The van der Waals surface area contributed by atoms with Gasteiger partial charge in [0.2, 0.25) is 0 Å². The van der Waals surface area contributed by atoms with Gasteiger partial charge < -0.3 is 15.2 Å². The van der Waals surface area contributed by atoms with Crippen molar-refractivity contribution >= 4 is 63.1 Å². The first kappa shape index (κ1) is 27.5. The predicted octanol–water partition coefficient (Wildman–Crippen LogP) is 6.05. The molecule has 0 atom stereocenters. The molecule has 37 heavy (non-hydrogen) atoms. The normalized spacial score (nSPS) is 18.6. The molecule has 1 aliphatic heterocycles. The lowest BCUT2D eigenvalue weighted by atomic mass is 9.94. The summed E-state index contributed by atoms with van der Waals surface area (Å²) < 4.78 is 12.2. The lowest BCUT2D eigenvalue weighted by molar-refractivity contribution is -0.124. The Morgan fingerprint density at radius 1 is 1.19 bits per heavy atom. The van der Waals surface area contributed by atoms with Gasteiger partial charge >= 0.3 is 0 Å². The van der Waals surface area contributed by atoms with Crippen molar-refractivity contribution in [1.29, 1.82) is 0 Å². The Balaban J connectivity index is 1.71. The summed E-state index contributed by atoms with van der Waals surface area (Å²) in [5.41, 5.74) is 8.14. The molecule has 0 aromatic heterocycles. The van der Waals surface area contributed by atoms with E-state index in [0.717, 1.165) is 57.7 Å². The molecular formula is C28H32IN3O4S. The van der Waals surface area contributed by atoms with Crippen molar-refractivity contribution in [3.8, 4) is 11.5 Å². The second-order valence-corrected chi connectivity index (χ2v) is 11.1. The molecule has 196 valence electrons. The molecule has 9 heteroatoms. The van der Waals surface area contributed by atoms with Gasteiger partial charge in [0.25, 0.3) is 11.8 Å². The molecule has 1 saturated carbocycles. The first-order valence-electron chi connectivity index (χ1n) is 12.7. The Labute approximate surface area is 236 Å². The Hall–Kier alpha value is -2.53. The Morgan fingerprint density at radius 3 is 2.65 bits per heavy atom. The van der Waals surface area contributed by atoms with E-state index in [-0.39, 0.29) is 18.6 Å². The van der Waals surface area contributed by atoms with Gasteiger partial charge in [0, 0.05) is 6.04 Å². The first-order chi connectivity index (χ1) is 17.9. The highest BCUT2D eigenvalue weighted by Crippen LogP contribution is 2.40. The number of hydrogen-bond donors (Lipinski definition) is 1. The van der Waals surface area contributed by atoms with Crippen LogP contribution < -0.4 is 15.2 Å². The molecule has 0 bridgehead atoms. The van der Waals surface area contributed by atoms with Crippen molar-refractivity contribution < 1.29 is 19.1 Å². The lowest BCUT2D eigenvalue weighted by Crippen LogP contribution is -2.40. The van der Waals surface area contributed by atoms with Crippen LogP contribution in [0.4, 0.5) is 5.69 Å². The molecule has 2 fully saturated rings. The summed E-state index contributed by atoms with van der Waals surface area (Å²) in [5.74, 6) is 0.409. The van der Waals surface area contributed by atoms with Gasteiger partial charge in [-0.1, -0.05) is 44.4 Å². The van der Waals surface area contributed by atoms with Crippen molar-refractivity contribution in [2.24, 2.45) is 10.7 Å². The standard InChI is InChI=1S/C28H32IN3O4S/c1-3-19-10-8-9-13-22(19)31-28-32(20-11-6-5-7-12-20)27(34)24(37-28)16-18-14-21(29)26(36-17-25(30)33)23(15-18)35-4-2/h8-10,13-16,20H,3-7,11-12,17H2,1-2H3,(H2,30,33)/b24-16+,31-28?. The minimum Gasteiger partial charge on any atom is -0.490 e. The van der Waals surface area contributed by atoms with Gasteiger partial charge in [0.05, 0.1) is 20.8 Å². The van der Waals surface area contributed by atoms with Gasteiger partial charge in [-0.05, 0) is 95.9 Å². The molecule has 1 saturated heterocycles. The van der Waals surface area contributed by atoms with E-state index in [0.29, 0.717) is 23.0 Å². The van der Waals surface area contributed by atoms with E-state index in [1.54, 1.807) is 0 Å². The maximum atomic E-state index is 13.8. The molecule has 0 spiro atoms. The number of thioether (sulfide) groups is 1. The van der Waals surface area contributed by atoms with Gasteiger partial charge in [-0.2, -0.15) is 0 Å². The number of nitrogens with zero attached hydrogens (tertiary/aromatic N) is 2. The van der Waals surface area contributed by atoms with Crippen LogP contribution in [0.15, 0.2) is 46.3 Å². The van der Waals surface area contributed by atoms with Crippen molar-refractivity contribution in [2.75, 3.05) is 13.2 Å². The fourth-order valence-corrected chi connectivity index (χ4v) is 6.45. The van der Waals surface area contributed by atoms with Gasteiger partial charge in [0.15, 0.2) is 23.3 Å². The quantitative estimate of drug-likeness (QED) is 0.268. The molecule has 2 aliphatic rings. The third kappa shape index (κ3) is 6.67. The SMILES string of the molecule is CCOc1cc(/C=C2/SC(=Nc3ccccc3CC)N(C3CCCCC3)C2=O)cc(I)c1OCC(N)=O. The number of hydrogen-bond acceptors (Lipinski definition) is 6. The van der Waals surface area contributed by atoms with Crippen molar-refractivity contribution in [2.45, 2.75) is 58.4 Å². The Kier molecular flexibility index (Phi) is 9.53. The zero-order valence-corrected chi connectivity index (χ0v) is 24.1. The van der Waals surface area contributed by atoms with E-state index in [1.165, 1.54) is 18.2 Å². The van der Waals surface area contributed by atoms with Gasteiger partial charge in [-0.3, -0.25) is 14.5 Å². The first-order valence-corrected chi connectivity index (χ1v) is 14.6. The second kappa shape index (κ2) is 12.8. The fraction of sp³-hybridized carbons (Fsp3) is 0.393. The van der Waals surface area contributed by atoms with Crippen LogP contribution in [0.25, 0.3) is 6.08 Å². The number of halogens is 1. The van der Waals surface area contributed by atoms with E-state index in [4.69, 9.17) is 20.2 Å². The van der Waals surface area contributed by atoms with Crippen molar-refractivity contribution in [3.63, 3.8) is 0 Å². The second-order valence-electron chi connectivity index (χ2n) is 8.97. The van der Waals surface area contributed by atoms with Crippen LogP contribution in [-0.4, -0.2) is 41.1 Å². The molecule has 2 N–H and O–H groups in total. The van der Waals surface area contributed by atoms with E-state index >= 15 is 0 Å². The third-order valence-corrected chi connectivity index (χ3v) is 8.14. The highest BCUT2D eigenvalue weighted by Gasteiger charge is 2.38. The highest BCUT2D eigenvalue weighted by atomic mass is 127. The van der Waals surface area contributed by atoms with E-state index in [2.05, 4.69) is 35.6 Å². The van der Waals surface area contributed by atoms with Crippen LogP contribution in [0.2, 0.25) is 0 Å². The minimum absolute atomic E-state index is 0.00773. The van der Waals surface area contributed by atoms with Crippen LogP contribution >= 0.6 is 34.4 Å². The lowest BCUT2D eigenvalue weighted by Gasteiger charge is -2.30. The maximum absolute atomic E-state index is 13.8. The van der Waals surface area contributed by atoms with Crippen LogP contribution in [0.3, 0.4) is 0 Å². The van der Waals surface area contributed by atoms with E-state index in [1.807, 2.05) is 48.2 Å². The van der Waals surface area contributed by atoms with Crippen molar-refractivity contribution in [3.05, 3.63) is 56.0 Å². The highest BCUT2D eigenvalue weighted by molar-refractivity contribution is 14.1. The fourth-order valence-electron chi connectivity index (χ4n) is 4.62. The number of nitrogens with two attached hydrogens (primary N) is 1. The van der Waals surface area contributed by atoms with Crippen LogP contribution in [0.1, 0.15) is 57.1 Å². The van der Waals surface area contributed by atoms with E-state index in [9.17, 15) is 9.59 Å². The number of amidine groups is 1. The average molecular weight is 634 g/mol. The molecule has 2 aromatic rings. The largest absolute Gasteiger partial charge is 0.490 e. The topological polar surface area (TPSA) is 94.2 Å². The molecule has 1 aliphatic carbocycles. The minimum atomic E-state index is -0.559. The number of rotatable bonds is 9. The monoisotopic (exact) mass is 633 g/mol. The number of carbonyl (C=O) groups excluding carboxylic acids is 2. The number of carbonyl (C=O) groups is 2. The summed E-state index contributed by atoms with van der Waals surface area (Å²) in [6.45, 7) is 4.19. The molecule has 2 aromatic carbocycles. The molecule has 0 radical (unpaired) electrons. The number of amides is 2. The average Bonchev–Trinajstić information content (AvgIpc) is 3.18. The van der Waals surface area contributed by atoms with Gasteiger partial charge in [-0.15, -0.1) is 0 Å². The number of aryl methyl sites for hydroxylation is 1. The molecular weight excluding hydrogens is 601 g/mol. The third-order valence-electron chi connectivity index (χ3n) is 6.35. The van der Waals surface area contributed by atoms with Crippen molar-refractivity contribution in [1.82, 2.24) is 4.90 Å². The Bertz CT molecular complexity index is 1220. The summed E-state index contributed by atoms with van der Waals surface area (Å²) in [6.07, 6.45) is 8.21. The van der Waals surface area contributed by atoms with Gasteiger partial charge in [0.1, 0.15) is 0 Å². The smallest absolute Gasteiger partial charge is 0.267 e. The number of benzene rings is 2. The van der Waals surface area contributed by atoms with Crippen LogP contribution in [-0.2, 0) is 16.0 Å². The summed E-state index contributed by atoms with van der Waals surface area (Å²) in [5, 5.41) is 0.741. The zero-order valence-electron chi connectivity index (χ0n) is 21.2. The molecule has 7 nitrogen and oxygen atoms in total. The summed E-state index contributed by atoms with van der Waals surface area (Å²) in [4.78, 5) is 32.5. The van der Waals surface area contributed by atoms with Crippen LogP contribution in [0, 0.1) is 3.57 Å². The van der Waals surface area contributed by atoms with Crippen LogP contribution in [0.5, 0.6) is 11.5 Å². The summed E-state index contributed by atoms with van der Waals surface area (Å²) in [6, 6.07) is 12.0.